The summed E-state index contributed by atoms with van der Waals surface area (Å²) in [5, 5.41) is 0.948. The van der Waals surface area contributed by atoms with Crippen LogP contribution < -0.4 is 4.90 Å². The van der Waals surface area contributed by atoms with E-state index in [1.165, 1.54) is 11.5 Å². The van der Waals surface area contributed by atoms with Crippen LogP contribution in [-0.2, 0) is 16.0 Å². The van der Waals surface area contributed by atoms with E-state index in [9.17, 15) is 4.79 Å². The molecule has 118 valence electrons. The van der Waals surface area contributed by atoms with Gasteiger partial charge in [0.2, 0.25) is 11.0 Å². The van der Waals surface area contributed by atoms with Gasteiger partial charge >= 0.3 is 0 Å². The monoisotopic (exact) mass is 312 g/mol. The molecule has 1 aliphatic rings. The van der Waals surface area contributed by atoms with E-state index in [0.717, 1.165) is 43.6 Å². The molecule has 0 N–H and O–H groups in total. The summed E-state index contributed by atoms with van der Waals surface area (Å²) in [5.41, 5.74) is -0.307. The molecule has 0 unspecified atom stereocenters. The Kier molecular flexibility index (Phi) is 5.16. The van der Waals surface area contributed by atoms with Gasteiger partial charge in [0.25, 0.3) is 0 Å². The second kappa shape index (κ2) is 6.70. The van der Waals surface area contributed by atoms with E-state index in [1.54, 1.807) is 7.11 Å². The van der Waals surface area contributed by atoms with Crippen LogP contribution in [0.1, 0.15) is 26.6 Å². The minimum Gasteiger partial charge on any atom is -0.384 e. The molecule has 1 fully saturated rings. The molecule has 0 saturated carbocycles. The van der Waals surface area contributed by atoms with Crippen LogP contribution in [0.5, 0.6) is 0 Å². The van der Waals surface area contributed by atoms with Crippen molar-refractivity contribution < 1.29 is 9.53 Å². The lowest BCUT2D eigenvalue weighted by Gasteiger charge is -2.37. The average Bonchev–Trinajstić information content (AvgIpc) is 2.92. The van der Waals surface area contributed by atoms with Crippen molar-refractivity contribution in [2.24, 2.45) is 5.41 Å². The topological polar surface area (TPSA) is 58.6 Å². The molecule has 0 spiro atoms. The number of aromatic nitrogens is 2. The van der Waals surface area contributed by atoms with Gasteiger partial charge in [0.1, 0.15) is 5.82 Å². The highest BCUT2D eigenvalue weighted by Gasteiger charge is 2.30. The summed E-state index contributed by atoms with van der Waals surface area (Å²) in [6, 6.07) is 0. The number of hydrogen-bond donors (Lipinski definition) is 0. The van der Waals surface area contributed by atoms with E-state index in [1.807, 2.05) is 25.7 Å². The van der Waals surface area contributed by atoms with Crippen molar-refractivity contribution >= 4 is 22.6 Å². The lowest BCUT2D eigenvalue weighted by molar-refractivity contribution is -0.139. The third-order valence-corrected chi connectivity index (χ3v) is 4.28. The summed E-state index contributed by atoms with van der Waals surface area (Å²) in [6.45, 7) is 9.69. The number of nitrogens with zero attached hydrogens (tertiary/aromatic N) is 4. The van der Waals surface area contributed by atoms with Gasteiger partial charge in [0, 0.05) is 56.7 Å². The highest BCUT2D eigenvalue weighted by Crippen LogP contribution is 2.22. The minimum absolute atomic E-state index is 0.222. The maximum Gasteiger partial charge on any atom is 0.228 e. The third kappa shape index (κ3) is 4.14. The summed E-state index contributed by atoms with van der Waals surface area (Å²) in [6.07, 6.45) is 0.746. The van der Waals surface area contributed by atoms with Gasteiger partial charge in [-0.25, -0.2) is 4.98 Å². The van der Waals surface area contributed by atoms with Gasteiger partial charge in [-0.2, -0.15) is 4.37 Å². The van der Waals surface area contributed by atoms with E-state index in [4.69, 9.17) is 4.74 Å². The molecule has 0 aliphatic carbocycles. The van der Waals surface area contributed by atoms with Crippen molar-refractivity contribution in [1.29, 1.82) is 0 Å². The Bertz CT molecular complexity index is 476. The maximum absolute atomic E-state index is 12.3. The zero-order valence-electron chi connectivity index (χ0n) is 13.3. The molecule has 1 amide bonds. The molecule has 7 heteroatoms. The summed E-state index contributed by atoms with van der Waals surface area (Å²) in [4.78, 5) is 20.9. The van der Waals surface area contributed by atoms with Gasteiger partial charge in [-0.15, -0.1) is 0 Å². The zero-order chi connectivity index (χ0) is 15.5. The smallest absolute Gasteiger partial charge is 0.228 e. The molecule has 1 aromatic rings. The number of carbonyl (C=O) groups is 1. The van der Waals surface area contributed by atoms with E-state index in [2.05, 4.69) is 14.3 Å². The fourth-order valence-corrected chi connectivity index (χ4v) is 3.01. The summed E-state index contributed by atoms with van der Waals surface area (Å²) < 4.78 is 9.39. The third-order valence-electron chi connectivity index (χ3n) is 3.47. The molecular formula is C14H24N4O2S. The van der Waals surface area contributed by atoms with Crippen molar-refractivity contribution in [2.75, 3.05) is 44.8 Å². The number of rotatable bonds is 4. The first-order valence-electron chi connectivity index (χ1n) is 7.27. The summed E-state index contributed by atoms with van der Waals surface area (Å²) in [7, 11) is 1.68. The van der Waals surface area contributed by atoms with Gasteiger partial charge in [0.05, 0.1) is 6.61 Å². The largest absolute Gasteiger partial charge is 0.384 e. The fourth-order valence-electron chi connectivity index (χ4n) is 2.24. The number of methoxy groups -OCH3 is 1. The molecule has 0 aromatic carbocycles. The lowest BCUT2D eigenvalue weighted by atomic mass is 9.94. The maximum atomic E-state index is 12.3. The lowest BCUT2D eigenvalue weighted by Crippen LogP contribution is -2.51. The molecule has 2 rings (SSSR count). The Hall–Kier alpha value is -1.21. The van der Waals surface area contributed by atoms with Crippen LogP contribution in [0.2, 0.25) is 0 Å². The molecule has 6 nitrogen and oxygen atoms in total. The van der Waals surface area contributed by atoms with E-state index >= 15 is 0 Å². The average molecular weight is 312 g/mol. The SMILES string of the molecule is COCCc1nsc(N2CCN(C(=O)C(C)(C)C)CC2)n1. The standard InChI is InChI=1S/C14H24N4O2S/c1-14(2,3)12(19)17-6-8-18(9-7-17)13-15-11(16-21-13)5-10-20-4/h5-10H2,1-4H3. The molecular weight excluding hydrogens is 288 g/mol. The van der Waals surface area contributed by atoms with Crippen LogP contribution in [-0.4, -0.2) is 60.1 Å². The number of ether oxygens (including phenoxy) is 1. The Labute approximate surface area is 130 Å². The molecule has 1 aliphatic heterocycles. The Morgan fingerprint density at radius 1 is 1.29 bits per heavy atom. The first kappa shape index (κ1) is 16.2. The highest BCUT2D eigenvalue weighted by molar-refractivity contribution is 7.09. The molecule has 0 atom stereocenters. The van der Waals surface area contributed by atoms with Crippen LogP contribution in [0.15, 0.2) is 0 Å². The molecule has 21 heavy (non-hydrogen) atoms. The second-order valence-electron chi connectivity index (χ2n) is 6.27. The van der Waals surface area contributed by atoms with Gasteiger partial charge < -0.3 is 14.5 Å². The van der Waals surface area contributed by atoms with Crippen molar-refractivity contribution in [2.45, 2.75) is 27.2 Å². The second-order valence-corrected chi connectivity index (χ2v) is 7.00. The number of piperazine rings is 1. The normalized spacial score (nSPS) is 16.4. The Balaban J connectivity index is 1.89. The van der Waals surface area contributed by atoms with Crippen molar-refractivity contribution in [1.82, 2.24) is 14.3 Å². The summed E-state index contributed by atoms with van der Waals surface area (Å²) in [5.74, 6) is 1.06. The van der Waals surface area contributed by atoms with Crippen molar-refractivity contribution in [3.05, 3.63) is 5.82 Å². The van der Waals surface area contributed by atoms with E-state index in [0.29, 0.717) is 6.61 Å². The zero-order valence-corrected chi connectivity index (χ0v) is 14.1. The predicted molar refractivity (Wildman–Crippen MR) is 83.7 cm³/mol. The number of carbonyl (C=O) groups excluding carboxylic acids is 1. The van der Waals surface area contributed by atoms with Crippen molar-refractivity contribution in [3.63, 3.8) is 0 Å². The summed E-state index contributed by atoms with van der Waals surface area (Å²) >= 11 is 1.43. The van der Waals surface area contributed by atoms with Gasteiger partial charge in [-0.3, -0.25) is 4.79 Å². The Morgan fingerprint density at radius 2 is 1.95 bits per heavy atom. The Morgan fingerprint density at radius 3 is 2.52 bits per heavy atom. The molecule has 1 aromatic heterocycles. The highest BCUT2D eigenvalue weighted by atomic mass is 32.1. The number of hydrogen-bond acceptors (Lipinski definition) is 6. The first-order valence-corrected chi connectivity index (χ1v) is 8.05. The van der Waals surface area contributed by atoms with Crippen molar-refractivity contribution in [3.8, 4) is 0 Å². The van der Waals surface area contributed by atoms with Crippen LogP contribution in [0.4, 0.5) is 5.13 Å². The van der Waals surface area contributed by atoms with Gasteiger partial charge in [0.15, 0.2) is 0 Å². The number of anilines is 1. The quantitative estimate of drug-likeness (QED) is 0.841. The number of amides is 1. The molecule has 1 saturated heterocycles. The van der Waals surface area contributed by atoms with Gasteiger partial charge in [-0.05, 0) is 0 Å². The predicted octanol–water partition coefficient (Wildman–Crippen LogP) is 1.42. The molecule has 2 heterocycles. The first-order chi connectivity index (χ1) is 9.91. The van der Waals surface area contributed by atoms with Crippen LogP contribution in [0.25, 0.3) is 0 Å². The molecule has 0 radical (unpaired) electrons. The van der Waals surface area contributed by atoms with Gasteiger partial charge in [-0.1, -0.05) is 20.8 Å². The van der Waals surface area contributed by atoms with Crippen LogP contribution >= 0.6 is 11.5 Å². The minimum atomic E-state index is -0.307. The van der Waals surface area contributed by atoms with E-state index < -0.39 is 0 Å². The van der Waals surface area contributed by atoms with Crippen LogP contribution in [0.3, 0.4) is 0 Å². The van der Waals surface area contributed by atoms with Crippen LogP contribution in [0, 0.1) is 5.41 Å². The molecule has 0 bridgehead atoms. The van der Waals surface area contributed by atoms with E-state index in [-0.39, 0.29) is 11.3 Å². The fraction of sp³-hybridized carbons (Fsp3) is 0.786.